The van der Waals surface area contributed by atoms with Crippen molar-refractivity contribution in [2.45, 2.75) is 44.6 Å². The molecule has 1 aromatic rings. The second-order valence-electron chi connectivity index (χ2n) is 5.79. The van der Waals surface area contributed by atoms with Crippen molar-refractivity contribution in [3.05, 3.63) is 29.3 Å². The molecule has 0 bridgehead atoms. The summed E-state index contributed by atoms with van der Waals surface area (Å²) in [5.41, 5.74) is 7.38. The topological polar surface area (TPSA) is 72.2 Å². The lowest BCUT2D eigenvalue weighted by Crippen LogP contribution is -2.40. The summed E-state index contributed by atoms with van der Waals surface area (Å²) in [6, 6.07) is 5.25. The van der Waals surface area contributed by atoms with Gasteiger partial charge in [0.25, 0.3) is 0 Å². The highest BCUT2D eigenvalue weighted by atomic mass is 32.2. The third-order valence-corrected chi connectivity index (χ3v) is 5.58. The smallest absolute Gasteiger partial charge is 0.240 e. The number of hydrogen-bond acceptors (Lipinski definition) is 3. The number of hydrogen-bond donors (Lipinski definition) is 2. The van der Waals surface area contributed by atoms with E-state index in [9.17, 15) is 8.42 Å². The van der Waals surface area contributed by atoms with Gasteiger partial charge in [0.1, 0.15) is 0 Å². The Morgan fingerprint density at radius 1 is 1.37 bits per heavy atom. The zero-order valence-corrected chi connectivity index (χ0v) is 12.4. The van der Waals surface area contributed by atoms with Gasteiger partial charge in [-0.1, -0.05) is 25.5 Å². The van der Waals surface area contributed by atoms with Gasteiger partial charge in [0.05, 0.1) is 4.90 Å². The average molecular weight is 282 g/mol. The van der Waals surface area contributed by atoms with Gasteiger partial charge < -0.3 is 5.73 Å². The highest BCUT2D eigenvalue weighted by molar-refractivity contribution is 7.89. The van der Waals surface area contributed by atoms with E-state index in [0.29, 0.717) is 18.0 Å². The molecule has 1 aromatic carbocycles. The number of sulfonamides is 1. The van der Waals surface area contributed by atoms with Crippen molar-refractivity contribution in [2.24, 2.45) is 11.1 Å². The Bertz CT molecular complexity index is 563. The molecule has 0 unspecified atom stereocenters. The van der Waals surface area contributed by atoms with Crippen molar-refractivity contribution >= 4 is 10.0 Å². The molecule has 0 saturated heterocycles. The van der Waals surface area contributed by atoms with Gasteiger partial charge in [-0.05, 0) is 42.4 Å². The lowest BCUT2D eigenvalue weighted by Gasteiger charge is -2.38. The van der Waals surface area contributed by atoms with Crippen LogP contribution in [0, 0.1) is 12.3 Å². The molecule has 19 heavy (non-hydrogen) atoms. The van der Waals surface area contributed by atoms with E-state index in [2.05, 4.69) is 11.6 Å². The summed E-state index contributed by atoms with van der Waals surface area (Å²) in [4.78, 5) is 0.354. The fraction of sp³-hybridized carbons (Fsp3) is 0.571. The number of benzene rings is 1. The summed E-state index contributed by atoms with van der Waals surface area (Å²) < 4.78 is 27.3. The second-order valence-corrected chi connectivity index (χ2v) is 7.53. The standard InChI is InChI=1S/C14H22N2O2S/c1-11-8-12(9-15)4-5-13(11)19(17,18)16-10-14(2)6-3-7-14/h4-5,8,16H,3,6-7,9-10,15H2,1-2H3. The van der Waals surface area contributed by atoms with Crippen molar-refractivity contribution in [1.82, 2.24) is 4.72 Å². The minimum atomic E-state index is -3.42. The zero-order valence-electron chi connectivity index (χ0n) is 11.6. The Morgan fingerprint density at radius 2 is 2.05 bits per heavy atom. The largest absolute Gasteiger partial charge is 0.326 e. The SMILES string of the molecule is Cc1cc(CN)ccc1S(=O)(=O)NCC1(C)CCC1. The van der Waals surface area contributed by atoms with Gasteiger partial charge in [-0.25, -0.2) is 13.1 Å². The van der Waals surface area contributed by atoms with Crippen molar-refractivity contribution in [1.29, 1.82) is 0 Å². The Morgan fingerprint density at radius 3 is 2.53 bits per heavy atom. The molecule has 0 aromatic heterocycles. The van der Waals surface area contributed by atoms with E-state index >= 15 is 0 Å². The summed E-state index contributed by atoms with van der Waals surface area (Å²) in [6.45, 7) is 4.88. The van der Waals surface area contributed by atoms with E-state index in [1.54, 1.807) is 19.1 Å². The van der Waals surface area contributed by atoms with Crippen molar-refractivity contribution in [3.8, 4) is 0 Å². The average Bonchev–Trinajstić information content (AvgIpc) is 2.33. The molecule has 0 spiro atoms. The maximum absolute atomic E-state index is 12.3. The fourth-order valence-electron chi connectivity index (χ4n) is 2.44. The van der Waals surface area contributed by atoms with Crippen LogP contribution in [0.1, 0.15) is 37.3 Å². The van der Waals surface area contributed by atoms with Crippen LogP contribution in [-0.2, 0) is 16.6 Å². The molecule has 106 valence electrons. The maximum atomic E-state index is 12.3. The van der Waals surface area contributed by atoms with Gasteiger partial charge in [0.2, 0.25) is 10.0 Å². The van der Waals surface area contributed by atoms with Crippen molar-refractivity contribution < 1.29 is 8.42 Å². The fourth-order valence-corrected chi connectivity index (χ4v) is 3.87. The van der Waals surface area contributed by atoms with Crippen LogP contribution < -0.4 is 10.5 Å². The molecule has 1 aliphatic carbocycles. The summed E-state index contributed by atoms with van der Waals surface area (Å²) in [5, 5.41) is 0. The Hall–Kier alpha value is -0.910. The Kier molecular flexibility index (Phi) is 3.99. The van der Waals surface area contributed by atoms with Crippen molar-refractivity contribution in [3.63, 3.8) is 0 Å². The Balaban J connectivity index is 2.15. The quantitative estimate of drug-likeness (QED) is 0.866. The van der Waals surface area contributed by atoms with Crippen LogP contribution in [0.25, 0.3) is 0 Å². The molecule has 3 N–H and O–H groups in total. The minimum absolute atomic E-state index is 0.137. The summed E-state index contributed by atoms with van der Waals surface area (Å²) >= 11 is 0. The van der Waals surface area contributed by atoms with Crippen LogP contribution in [0.4, 0.5) is 0 Å². The number of rotatable bonds is 5. The summed E-state index contributed by atoms with van der Waals surface area (Å²) in [6.07, 6.45) is 3.39. The molecule has 0 atom stereocenters. The highest BCUT2D eigenvalue weighted by Gasteiger charge is 2.33. The van der Waals surface area contributed by atoms with Gasteiger partial charge in [0, 0.05) is 13.1 Å². The van der Waals surface area contributed by atoms with Crippen LogP contribution in [-0.4, -0.2) is 15.0 Å². The monoisotopic (exact) mass is 282 g/mol. The van der Waals surface area contributed by atoms with Gasteiger partial charge in [0.15, 0.2) is 0 Å². The molecule has 5 heteroatoms. The number of nitrogens with one attached hydrogen (secondary N) is 1. The van der Waals surface area contributed by atoms with E-state index in [1.165, 1.54) is 6.42 Å². The van der Waals surface area contributed by atoms with Crippen LogP contribution in [0.5, 0.6) is 0 Å². The van der Waals surface area contributed by atoms with Crippen LogP contribution >= 0.6 is 0 Å². The summed E-state index contributed by atoms with van der Waals surface area (Å²) in [7, 11) is -3.42. The molecule has 4 nitrogen and oxygen atoms in total. The van der Waals surface area contributed by atoms with E-state index < -0.39 is 10.0 Å². The molecule has 1 aliphatic rings. The highest BCUT2D eigenvalue weighted by Crippen LogP contribution is 2.39. The third-order valence-electron chi connectivity index (χ3n) is 4.01. The summed E-state index contributed by atoms with van der Waals surface area (Å²) in [5.74, 6) is 0. The van der Waals surface area contributed by atoms with Gasteiger partial charge in [-0.15, -0.1) is 0 Å². The lowest BCUT2D eigenvalue weighted by atomic mass is 9.71. The predicted octanol–water partition coefficient (Wildman–Crippen LogP) is 1.92. The van der Waals surface area contributed by atoms with E-state index in [-0.39, 0.29) is 5.41 Å². The number of aryl methyl sites for hydroxylation is 1. The number of nitrogens with two attached hydrogens (primary N) is 1. The molecule has 0 aliphatic heterocycles. The first kappa shape index (κ1) is 14.5. The Labute approximate surface area is 115 Å². The first-order chi connectivity index (χ1) is 8.86. The molecular formula is C14H22N2O2S. The molecule has 0 radical (unpaired) electrons. The minimum Gasteiger partial charge on any atom is -0.326 e. The maximum Gasteiger partial charge on any atom is 0.240 e. The van der Waals surface area contributed by atoms with Gasteiger partial charge >= 0.3 is 0 Å². The molecule has 2 rings (SSSR count). The normalized spacial score (nSPS) is 18.1. The molecule has 0 amide bonds. The van der Waals surface area contributed by atoms with E-state index in [4.69, 9.17) is 5.73 Å². The van der Waals surface area contributed by atoms with E-state index in [0.717, 1.165) is 24.0 Å². The van der Waals surface area contributed by atoms with Gasteiger partial charge in [-0.3, -0.25) is 0 Å². The zero-order chi connectivity index (χ0) is 14.1. The molecular weight excluding hydrogens is 260 g/mol. The second kappa shape index (κ2) is 5.23. The first-order valence-corrected chi connectivity index (χ1v) is 8.14. The lowest BCUT2D eigenvalue weighted by molar-refractivity contribution is 0.166. The third kappa shape index (κ3) is 3.16. The van der Waals surface area contributed by atoms with Crippen LogP contribution in [0.2, 0.25) is 0 Å². The van der Waals surface area contributed by atoms with E-state index in [1.807, 2.05) is 6.07 Å². The van der Waals surface area contributed by atoms with Crippen LogP contribution in [0.15, 0.2) is 23.1 Å². The van der Waals surface area contributed by atoms with Crippen LogP contribution in [0.3, 0.4) is 0 Å². The molecule has 1 fully saturated rings. The molecule has 1 saturated carbocycles. The molecule has 0 heterocycles. The van der Waals surface area contributed by atoms with Crippen molar-refractivity contribution in [2.75, 3.05) is 6.54 Å². The predicted molar refractivity (Wildman–Crippen MR) is 76.2 cm³/mol. The first-order valence-electron chi connectivity index (χ1n) is 6.66. The van der Waals surface area contributed by atoms with Gasteiger partial charge in [-0.2, -0.15) is 0 Å².